The van der Waals surface area contributed by atoms with Crippen molar-refractivity contribution >= 4 is 11.6 Å². The van der Waals surface area contributed by atoms with Crippen LogP contribution in [0.5, 0.6) is 0 Å². The number of nitrogens with two attached hydrogens (primary N) is 1. The third kappa shape index (κ3) is 4.16. The Morgan fingerprint density at radius 2 is 1.92 bits per heavy atom. The molecular formula is C15H12F3N7. The van der Waals surface area contributed by atoms with Crippen LogP contribution in [0.15, 0.2) is 42.9 Å². The van der Waals surface area contributed by atoms with Crippen molar-refractivity contribution in [3.8, 4) is 11.4 Å². The van der Waals surface area contributed by atoms with Gasteiger partial charge in [0.25, 0.3) is 0 Å². The average molecular weight is 347 g/mol. The third-order valence-corrected chi connectivity index (χ3v) is 3.09. The molecule has 0 atom stereocenters. The van der Waals surface area contributed by atoms with Crippen molar-refractivity contribution in [2.45, 2.75) is 12.7 Å². The van der Waals surface area contributed by atoms with Crippen LogP contribution in [-0.4, -0.2) is 24.9 Å². The first-order chi connectivity index (χ1) is 11.9. The number of pyridine rings is 1. The van der Waals surface area contributed by atoms with E-state index in [-0.39, 0.29) is 24.0 Å². The van der Waals surface area contributed by atoms with Crippen LogP contribution >= 0.6 is 0 Å². The summed E-state index contributed by atoms with van der Waals surface area (Å²) in [6, 6.07) is 5.50. The Bertz CT molecular complexity index is 868. The van der Waals surface area contributed by atoms with Crippen LogP contribution in [0.1, 0.15) is 11.5 Å². The van der Waals surface area contributed by atoms with E-state index in [0.717, 1.165) is 6.07 Å². The largest absolute Gasteiger partial charge is 0.433 e. The lowest BCUT2D eigenvalue weighted by Crippen LogP contribution is -2.13. The van der Waals surface area contributed by atoms with Crippen LogP contribution in [0.4, 0.5) is 24.8 Å². The molecule has 0 radical (unpaired) electrons. The third-order valence-electron chi connectivity index (χ3n) is 3.09. The Kier molecular flexibility index (Phi) is 4.42. The molecule has 0 aliphatic heterocycles. The van der Waals surface area contributed by atoms with Crippen molar-refractivity contribution in [1.29, 1.82) is 0 Å². The van der Waals surface area contributed by atoms with E-state index in [1.165, 1.54) is 24.7 Å². The minimum atomic E-state index is -4.61. The Morgan fingerprint density at radius 3 is 2.60 bits per heavy atom. The Balaban J connectivity index is 1.92. The van der Waals surface area contributed by atoms with Gasteiger partial charge in [-0.05, 0) is 18.2 Å². The smallest absolute Gasteiger partial charge is 0.384 e. The van der Waals surface area contributed by atoms with Crippen LogP contribution in [0.2, 0.25) is 0 Å². The number of nitrogens with one attached hydrogen (secondary N) is 1. The number of alkyl halides is 3. The van der Waals surface area contributed by atoms with Crippen molar-refractivity contribution in [3.05, 3.63) is 54.4 Å². The van der Waals surface area contributed by atoms with Crippen molar-refractivity contribution < 1.29 is 13.2 Å². The lowest BCUT2D eigenvalue weighted by molar-refractivity contribution is -0.141. The SMILES string of the molecule is Nc1ccnc(CNc2cc(C(F)(F)F)nc(-c3cccnc3)n2)n1. The summed E-state index contributed by atoms with van der Waals surface area (Å²) in [5.74, 6) is 0.503. The molecule has 10 heteroatoms. The molecule has 0 unspecified atom stereocenters. The summed E-state index contributed by atoms with van der Waals surface area (Å²) in [6.07, 6.45) is -0.251. The monoisotopic (exact) mass is 347 g/mol. The number of hydrogen-bond donors (Lipinski definition) is 2. The Labute approximate surface area is 140 Å². The van der Waals surface area contributed by atoms with E-state index < -0.39 is 11.9 Å². The molecule has 0 spiro atoms. The van der Waals surface area contributed by atoms with Gasteiger partial charge in [0.1, 0.15) is 17.5 Å². The van der Waals surface area contributed by atoms with Crippen LogP contribution in [0.25, 0.3) is 11.4 Å². The second-order valence-corrected chi connectivity index (χ2v) is 4.95. The van der Waals surface area contributed by atoms with Crippen LogP contribution in [0, 0.1) is 0 Å². The fourth-order valence-electron chi connectivity index (χ4n) is 1.98. The predicted octanol–water partition coefficient (Wildman–Crippen LogP) is 2.54. The van der Waals surface area contributed by atoms with Gasteiger partial charge in [-0.2, -0.15) is 13.2 Å². The Hall–Kier alpha value is -3.30. The van der Waals surface area contributed by atoms with E-state index in [0.29, 0.717) is 11.4 Å². The highest BCUT2D eigenvalue weighted by atomic mass is 19.4. The van der Waals surface area contributed by atoms with Crippen molar-refractivity contribution in [1.82, 2.24) is 24.9 Å². The number of nitrogen functional groups attached to an aromatic ring is 1. The fraction of sp³-hybridized carbons (Fsp3) is 0.133. The molecule has 0 saturated heterocycles. The summed E-state index contributed by atoms with van der Waals surface area (Å²) < 4.78 is 39.3. The second-order valence-electron chi connectivity index (χ2n) is 4.95. The van der Waals surface area contributed by atoms with Gasteiger partial charge in [0, 0.05) is 30.2 Å². The zero-order valence-electron chi connectivity index (χ0n) is 12.7. The van der Waals surface area contributed by atoms with E-state index in [2.05, 4.69) is 30.2 Å². The van der Waals surface area contributed by atoms with Gasteiger partial charge in [-0.15, -0.1) is 0 Å². The minimum Gasteiger partial charge on any atom is -0.384 e. The van der Waals surface area contributed by atoms with Crippen molar-refractivity contribution in [3.63, 3.8) is 0 Å². The standard InChI is InChI=1S/C15H12F3N7/c16-15(17,18)10-6-12(22-8-13-21-5-3-11(19)24-13)25-14(23-10)9-2-1-4-20-7-9/h1-7H,8H2,(H2,19,21,24)(H,22,23,25). The fourth-order valence-corrected chi connectivity index (χ4v) is 1.98. The molecule has 7 nitrogen and oxygen atoms in total. The van der Waals surface area contributed by atoms with Crippen molar-refractivity contribution in [2.24, 2.45) is 0 Å². The zero-order valence-corrected chi connectivity index (χ0v) is 12.7. The summed E-state index contributed by atoms with van der Waals surface area (Å²) in [6.45, 7) is 0.0613. The summed E-state index contributed by atoms with van der Waals surface area (Å²) in [5.41, 5.74) is 4.86. The highest BCUT2D eigenvalue weighted by Crippen LogP contribution is 2.30. The maximum absolute atomic E-state index is 13.1. The van der Waals surface area contributed by atoms with Gasteiger partial charge in [-0.1, -0.05) is 0 Å². The topological polar surface area (TPSA) is 102 Å². The van der Waals surface area contributed by atoms with Gasteiger partial charge in [-0.25, -0.2) is 19.9 Å². The van der Waals surface area contributed by atoms with E-state index in [1.54, 1.807) is 12.1 Å². The van der Waals surface area contributed by atoms with Gasteiger partial charge in [-0.3, -0.25) is 4.98 Å². The molecular weight excluding hydrogens is 335 g/mol. The first-order valence-corrected chi connectivity index (χ1v) is 7.10. The van der Waals surface area contributed by atoms with Crippen molar-refractivity contribution in [2.75, 3.05) is 11.1 Å². The number of nitrogens with zero attached hydrogens (tertiary/aromatic N) is 5. The molecule has 3 N–H and O–H groups in total. The molecule has 3 aromatic rings. The molecule has 0 aliphatic carbocycles. The summed E-state index contributed by atoms with van der Waals surface area (Å²) in [4.78, 5) is 19.5. The quantitative estimate of drug-likeness (QED) is 0.747. The molecule has 0 aliphatic rings. The summed E-state index contributed by atoms with van der Waals surface area (Å²) in [7, 11) is 0. The van der Waals surface area contributed by atoms with Crippen LogP contribution in [0.3, 0.4) is 0 Å². The molecule has 0 amide bonds. The highest BCUT2D eigenvalue weighted by molar-refractivity contribution is 5.56. The molecule has 0 bridgehead atoms. The lowest BCUT2D eigenvalue weighted by Gasteiger charge is -2.11. The number of aromatic nitrogens is 5. The Morgan fingerprint density at radius 1 is 1.08 bits per heavy atom. The summed E-state index contributed by atoms with van der Waals surface area (Å²) in [5, 5.41) is 2.76. The van der Waals surface area contributed by atoms with Gasteiger partial charge in [0.2, 0.25) is 0 Å². The summed E-state index contributed by atoms with van der Waals surface area (Å²) >= 11 is 0. The molecule has 3 rings (SSSR count). The number of halogens is 3. The second kappa shape index (κ2) is 6.67. The molecule has 25 heavy (non-hydrogen) atoms. The highest BCUT2D eigenvalue weighted by Gasteiger charge is 2.33. The zero-order chi connectivity index (χ0) is 17.9. The molecule has 0 saturated carbocycles. The van der Waals surface area contributed by atoms with Crippen LogP contribution < -0.4 is 11.1 Å². The van der Waals surface area contributed by atoms with Crippen LogP contribution in [-0.2, 0) is 12.7 Å². The molecule has 3 heterocycles. The molecule has 0 aromatic carbocycles. The number of hydrogen-bond acceptors (Lipinski definition) is 7. The normalized spacial score (nSPS) is 11.3. The van der Waals surface area contributed by atoms with E-state index in [9.17, 15) is 13.2 Å². The maximum atomic E-state index is 13.1. The first-order valence-electron chi connectivity index (χ1n) is 7.10. The average Bonchev–Trinajstić information content (AvgIpc) is 2.60. The van der Waals surface area contributed by atoms with Gasteiger partial charge >= 0.3 is 6.18 Å². The van der Waals surface area contributed by atoms with Gasteiger partial charge in [0.05, 0.1) is 6.54 Å². The van der Waals surface area contributed by atoms with E-state index in [4.69, 9.17) is 5.73 Å². The maximum Gasteiger partial charge on any atom is 0.433 e. The number of rotatable bonds is 4. The molecule has 0 fully saturated rings. The van der Waals surface area contributed by atoms with Gasteiger partial charge < -0.3 is 11.1 Å². The van der Waals surface area contributed by atoms with Gasteiger partial charge in [0.15, 0.2) is 11.5 Å². The predicted molar refractivity (Wildman–Crippen MR) is 84.0 cm³/mol. The molecule has 128 valence electrons. The van der Waals surface area contributed by atoms with E-state index in [1.807, 2.05) is 0 Å². The lowest BCUT2D eigenvalue weighted by atomic mass is 10.2. The number of anilines is 2. The van der Waals surface area contributed by atoms with E-state index >= 15 is 0 Å². The minimum absolute atomic E-state index is 0.00722. The first kappa shape index (κ1) is 16.6. The molecule has 3 aromatic heterocycles.